The predicted molar refractivity (Wildman–Crippen MR) is 107 cm³/mol. The summed E-state index contributed by atoms with van der Waals surface area (Å²) in [4.78, 5) is 34.3. The second-order valence-electron chi connectivity index (χ2n) is 6.04. The van der Waals surface area contributed by atoms with E-state index in [2.05, 4.69) is 10.5 Å². The van der Waals surface area contributed by atoms with Gasteiger partial charge in [-0.15, -0.1) is 0 Å². The first-order chi connectivity index (χ1) is 14.0. The number of hydrogen-bond acceptors (Lipinski definition) is 6. The topological polar surface area (TPSA) is 116 Å². The molecular formula is C20H18N4O5. The number of rotatable bonds is 7. The Hall–Kier alpha value is -4.01. The van der Waals surface area contributed by atoms with Gasteiger partial charge in [-0.3, -0.25) is 19.7 Å². The molecule has 0 radical (unpaired) electrons. The molecule has 1 heterocycles. The SMILES string of the molecule is CCOC(=O)Cn1cc(/C=N\NC(=O)c2cccc([N+](=O)[O-])c2)c2ccccc21. The Morgan fingerprint density at radius 3 is 2.79 bits per heavy atom. The van der Waals surface area contributed by atoms with Crippen LogP contribution in [0.3, 0.4) is 0 Å². The Labute approximate surface area is 165 Å². The van der Waals surface area contributed by atoms with E-state index < -0.39 is 10.8 Å². The van der Waals surface area contributed by atoms with Crippen molar-refractivity contribution in [1.82, 2.24) is 9.99 Å². The summed E-state index contributed by atoms with van der Waals surface area (Å²) in [7, 11) is 0. The predicted octanol–water partition coefficient (Wildman–Crippen LogP) is 2.88. The summed E-state index contributed by atoms with van der Waals surface area (Å²) in [5, 5.41) is 15.6. The van der Waals surface area contributed by atoms with E-state index in [-0.39, 0.29) is 23.8 Å². The number of nitrogens with zero attached hydrogens (tertiary/aromatic N) is 3. The quantitative estimate of drug-likeness (QED) is 0.286. The van der Waals surface area contributed by atoms with Gasteiger partial charge in [-0.2, -0.15) is 5.10 Å². The summed E-state index contributed by atoms with van der Waals surface area (Å²) in [6.45, 7) is 2.10. The van der Waals surface area contributed by atoms with Gasteiger partial charge in [-0.05, 0) is 19.1 Å². The maximum absolute atomic E-state index is 12.2. The first kappa shape index (κ1) is 19.7. The van der Waals surface area contributed by atoms with E-state index in [4.69, 9.17) is 4.74 Å². The molecule has 0 aliphatic heterocycles. The maximum atomic E-state index is 12.2. The van der Waals surface area contributed by atoms with Gasteiger partial charge in [0.15, 0.2) is 0 Å². The van der Waals surface area contributed by atoms with Gasteiger partial charge < -0.3 is 9.30 Å². The molecule has 0 fully saturated rings. The second kappa shape index (κ2) is 8.79. The molecule has 1 amide bonds. The Balaban J connectivity index is 1.78. The van der Waals surface area contributed by atoms with Gasteiger partial charge in [-0.25, -0.2) is 5.43 Å². The number of nitro benzene ring substituents is 1. The highest BCUT2D eigenvalue weighted by Gasteiger charge is 2.12. The van der Waals surface area contributed by atoms with Gasteiger partial charge >= 0.3 is 5.97 Å². The average Bonchev–Trinajstić information content (AvgIpc) is 3.06. The number of amides is 1. The molecule has 0 aliphatic rings. The third-order valence-electron chi connectivity index (χ3n) is 4.11. The molecule has 0 aliphatic carbocycles. The molecule has 29 heavy (non-hydrogen) atoms. The number of benzene rings is 2. The molecule has 0 spiro atoms. The maximum Gasteiger partial charge on any atom is 0.325 e. The highest BCUT2D eigenvalue weighted by Crippen LogP contribution is 2.20. The number of hydrogen-bond donors (Lipinski definition) is 1. The van der Waals surface area contributed by atoms with E-state index in [1.54, 1.807) is 17.7 Å². The van der Waals surface area contributed by atoms with Crippen LogP contribution < -0.4 is 5.43 Å². The molecule has 0 bridgehead atoms. The standard InChI is InChI=1S/C20H18N4O5/c1-2-29-19(25)13-23-12-15(17-8-3-4-9-18(17)23)11-21-22-20(26)14-6-5-7-16(10-14)24(27)28/h3-12H,2,13H2,1H3,(H,22,26)/b21-11-. The fourth-order valence-electron chi connectivity index (χ4n) is 2.84. The van der Waals surface area contributed by atoms with Gasteiger partial charge in [0.2, 0.25) is 0 Å². The van der Waals surface area contributed by atoms with E-state index in [1.165, 1.54) is 30.5 Å². The Morgan fingerprint density at radius 1 is 1.24 bits per heavy atom. The zero-order chi connectivity index (χ0) is 20.8. The smallest absolute Gasteiger partial charge is 0.325 e. The van der Waals surface area contributed by atoms with Gasteiger partial charge in [0.1, 0.15) is 6.54 Å². The first-order valence-electron chi connectivity index (χ1n) is 8.81. The zero-order valence-corrected chi connectivity index (χ0v) is 15.6. The van der Waals surface area contributed by atoms with Crippen LogP contribution in [-0.4, -0.2) is 34.2 Å². The number of ether oxygens (including phenoxy) is 1. The van der Waals surface area contributed by atoms with Crippen LogP contribution in [0.2, 0.25) is 0 Å². The number of carbonyl (C=O) groups excluding carboxylic acids is 2. The van der Waals surface area contributed by atoms with Crippen molar-refractivity contribution in [3.8, 4) is 0 Å². The van der Waals surface area contributed by atoms with Crippen molar-refractivity contribution >= 4 is 34.7 Å². The van der Waals surface area contributed by atoms with Gasteiger partial charge in [0.25, 0.3) is 11.6 Å². The number of para-hydroxylation sites is 1. The molecule has 1 aromatic heterocycles. The molecule has 1 N–H and O–H groups in total. The van der Waals surface area contributed by atoms with Crippen molar-refractivity contribution in [2.24, 2.45) is 5.10 Å². The number of hydrazone groups is 1. The van der Waals surface area contributed by atoms with Crippen LogP contribution in [0.25, 0.3) is 10.9 Å². The normalized spacial score (nSPS) is 10.9. The molecule has 0 unspecified atom stereocenters. The molecule has 3 aromatic rings. The van der Waals surface area contributed by atoms with Gasteiger partial charge in [0.05, 0.1) is 17.7 Å². The van der Waals surface area contributed by atoms with Crippen LogP contribution in [0.1, 0.15) is 22.8 Å². The fourth-order valence-corrected chi connectivity index (χ4v) is 2.84. The lowest BCUT2D eigenvalue weighted by atomic mass is 10.2. The molecule has 148 valence electrons. The van der Waals surface area contributed by atoms with Crippen LogP contribution in [0.5, 0.6) is 0 Å². The number of fused-ring (bicyclic) bond motifs is 1. The van der Waals surface area contributed by atoms with Crippen LogP contribution in [0.4, 0.5) is 5.69 Å². The lowest BCUT2D eigenvalue weighted by Crippen LogP contribution is -2.17. The van der Waals surface area contributed by atoms with Crippen LogP contribution in [-0.2, 0) is 16.1 Å². The van der Waals surface area contributed by atoms with Crippen LogP contribution in [0, 0.1) is 10.1 Å². The third-order valence-corrected chi connectivity index (χ3v) is 4.11. The third kappa shape index (κ3) is 4.64. The van der Waals surface area contributed by atoms with E-state index in [9.17, 15) is 19.7 Å². The van der Waals surface area contributed by atoms with Crippen molar-refractivity contribution in [1.29, 1.82) is 0 Å². The second-order valence-corrected chi connectivity index (χ2v) is 6.04. The molecule has 0 atom stereocenters. The number of nitro groups is 1. The molecule has 9 heteroatoms. The Morgan fingerprint density at radius 2 is 2.03 bits per heavy atom. The van der Waals surface area contributed by atoms with Gasteiger partial charge in [0, 0.05) is 40.4 Å². The number of nitrogens with one attached hydrogen (secondary N) is 1. The molecule has 0 saturated carbocycles. The monoisotopic (exact) mass is 394 g/mol. The zero-order valence-electron chi connectivity index (χ0n) is 15.6. The van der Waals surface area contributed by atoms with Crippen LogP contribution >= 0.6 is 0 Å². The van der Waals surface area contributed by atoms with Crippen LogP contribution in [0.15, 0.2) is 59.8 Å². The summed E-state index contributed by atoms with van der Waals surface area (Å²) < 4.78 is 6.74. The molecular weight excluding hydrogens is 376 g/mol. The number of carbonyl (C=O) groups is 2. The molecule has 0 saturated heterocycles. The van der Waals surface area contributed by atoms with Crippen molar-refractivity contribution < 1.29 is 19.2 Å². The molecule has 2 aromatic carbocycles. The van der Waals surface area contributed by atoms with Crippen molar-refractivity contribution in [2.45, 2.75) is 13.5 Å². The summed E-state index contributed by atoms with van der Waals surface area (Å²) in [5.74, 6) is -0.920. The minimum Gasteiger partial charge on any atom is -0.465 e. The lowest BCUT2D eigenvalue weighted by Gasteiger charge is -2.04. The van der Waals surface area contributed by atoms with Crippen molar-refractivity contribution in [2.75, 3.05) is 6.61 Å². The fraction of sp³-hybridized carbons (Fsp3) is 0.150. The van der Waals surface area contributed by atoms with E-state index in [1.807, 2.05) is 24.3 Å². The summed E-state index contributed by atoms with van der Waals surface area (Å²) in [6, 6.07) is 12.8. The van der Waals surface area contributed by atoms with Gasteiger partial charge in [-0.1, -0.05) is 24.3 Å². The largest absolute Gasteiger partial charge is 0.465 e. The Kier molecular flexibility index (Phi) is 5.98. The number of aromatic nitrogens is 1. The highest BCUT2D eigenvalue weighted by molar-refractivity contribution is 6.01. The lowest BCUT2D eigenvalue weighted by molar-refractivity contribution is -0.384. The number of esters is 1. The van der Waals surface area contributed by atoms with E-state index in [0.29, 0.717) is 12.2 Å². The molecule has 9 nitrogen and oxygen atoms in total. The first-order valence-corrected chi connectivity index (χ1v) is 8.81. The summed E-state index contributed by atoms with van der Waals surface area (Å²) >= 11 is 0. The van der Waals surface area contributed by atoms with E-state index >= 15 is 0 Å². The van der Waals surface area contributed by atoms with Crippen molar-refractivity contribution in [3.05, 3.63) is 76.0 Å². The average molecular weight is 394 g/mol. The van der Waals surface area contributed by atoms with Crippen molar-refractivity contribution in [3.63, 3.8) is 0 Å². The number of non-ortho nitro benzene ring substituents is 1. The highest BCUT2D eigenvalue weighted by atomic mass is 16.6. The molecule has 3 rings (SSSR count). The minimum absolute atomic E-state index is 0.0578. The minimum atomic E-state index is -0.571. The Bertz CT molecular complexity index is 1100. The van der Waals surface area contributed by atoms with E-state index in [0.717, 1.165) is 10.9 Å². The summed E-state index contributed by atoms with van der Waals surface area (Å²) in [5.41, 5.74) is 3.83. The summed E-state index contributed by atoms with van der Waals surface area (Å²) in [6.07, 6.45) is 3.20.